The van der Waals surface area contributed by atoms with Crippen molar-refractivity contribution in [2.75, 3.05) is 41.0 Å². The Hall–Kier alpha value is -2.73. The van der Waals surface area contributed by atoms with Gasteiger partial charge in [-0.1, -0.05) is 24.3 Å². The molecule has 0 saturated carbocycles. The lowest BCUT2D eigenvalue weighted by atomic mass is 10.1. The first kappa shape index (κ1) is 20.6. The monoisotopic (exact) mass is 372 g/mol. The zero-order valence-corrected chi connectivity index (χ0v) is 16.4. The lowest BCUT2D eigenvalue weighted by Gasteiger charge is -2.25. The molecule has 1 atom stereocenters. The van der Waals surface area contributed by atoms with Crippen LogP contribution in [0.3, 0.4) is 0 Å². The molecule has 0 bridgehead atoms. The Bertz CT molecular complexity index is 734. The SMILES string of the molecule is CCOc1ccccc1OCC(=O)NCC(c1cccc(OC)c1)N(C)C. The van der Waals surface area contributed by atoms with Crippen molar-refractivity contribution in [2.24, 2.45) is 0 Å². The fourth-order valence-corrected chi connectivity index (χ4v) is 2.70. The molecule has 146 valence electrons. The molecule has 1 unspecified atom stereocenters. The molecule has 0 radical (unpaired) electrons. The number of benzene rings is 2. The number of hydrogen-bond donors (Lipinski definition) is 1. The Morgan fingerprint density at radius 2 is 1.78 bits per heavy atom. The van der Waals surface area contributed by atoms with E-state index in [1.807, 2.05) is 63.5 Å². The number of methoxy groups -OCH3 is 1. The van der Waals surface area contributed by atoms with Gasteiger partial charge in [0, 0.05) is 6.54 Å². The van der Waals surface area contributed by atoms with Gasteiger partial charge in [0.2, 0.25) is 0 Å². The number of nitrogens with one attached hydrogen (secondary N) is 1. The van der Waals surface area contributed by atoms with Gasteiger partial charge in [-0.3, -0.25) is 4.79 Å². The third-order valence-electron chi connectivity index (χ3n) is 4.10. The van der Waals surface area contributed by atoms with E-state index in [0.717, 1.165) is 11.3 Å². The predicted molar refractivity (Wildman–Crippen MR) is 106 cm³/mol. The maximum Gasteiger partial charge on any atom is 0.258 e. The smallest absolute Gasteiger partial charge is 0.258 e. The average Bonchev–Trinajstić information content (AvgIpc) is 2.67. The molecule has 1 amide bonds. The van der Waals surface area contributed by atoms with Crippen LogP contribution in [0.25, 0.3) is 0 Å². The van der Waals surface area contributed by atoms with Crippen LogP contribution >= 0.6 is 0 Å². The number of likely N-dealkylation sites (N-methyl/N-ethyl adjacent to an activating group) is 1. The van der Waals surface area contributed by atoms with Crippen molar-refractivity contribution < 1.29 is 19.0 Å². The number of rotatable bonds is 10. The van der Waals surface area contributed by atoms with Crippen molar-refractivity contribution in [3.63, 3.8) is 0 Å². The number of para-hydroxylation sites is 2. The van der Waals surface area contributed by atoms with Gasteiger partial charge in [0.15, 0.2) is 18.1 Å². The molecule has 0 fully saturated rings. The van der Waals surface area contributed by atoms with Gasteiger partial charge >= 0.3 is 0 Å². The van der Waals surface area contributed by atoms with Crippen molar-refractivity contribution in [3.05, 3.63) is 54.1 Å². The van der Waals surface area contributed by atoms with E-state index >= 15 is 0 Å². The molecule has 2 aromatic carbocycles. The topological polar surface area (TPSA) is 60.0 Å². The van der Waals surface area contributed by atoms with Crippen LogP contribution in [0.5, 0.6) is 17.2 Å². The number of ether oxygens (including phenoxy) is 3. The minimum absolute atomic E-state index is 0.0276. The van der Waals surface area contributed by atoms with Gasteiger partial charge in [-0.15, -0.1) is 0 Å². The summed E-state index contributed by atoms with van der Waals surface area (Å²) in [7, 11) is 5.60. The molecule has 6 heteroatoms. The van der Waals surface area contributed by atoms with E-state index in [1.165, 1.54) is 0 Å². The molecule has 1 N–H and O–H groups in total. The highest BCUT2D eigenvalue weighted by Gasteiger charge is 2.16. The highest BCUT2D eigenvalue weighted by molar-refractivity contribution is 5.77. The molecular weight excluding hydrogens is 344 g/mol. The van der Waals surface area contributed by atoms with Gasteiger partial charge in [0.1, 0.15) is 5.75 Å². The first-order valence-electron chi connectivity index (χ1n) is 8.96. The minimum atomic E-state index is -0.184. The highest BCUT2D eigenvalue weighted by Crippen LogP contribution is 2.26. The molecule has 27 heavy (non-hydrogen) atoms. The van der Waals surface area contributed by atoms with Gasteiger partial charge in [-0.2, -0.15) is 0 Å². The molecule has 0 aliphatic heterocycles. The molecular formula is C21H28N2O4. The van der Waals surface area contributed by atoms with Crippen LogP contribution in [0.1, 0.15) is 18.5 Å². The van der Waals surface area contributed by atoms with E-state index < -0.39 is 0 Å². The van der Waals surface area contributed by atoms with Gasteiger partial charge in [0.25, 0.3) is 5.91 Å². The highest BCUT2D eigenvalue weighted by atomic mass is 16.5. The number of carbonyl (C=O) groups excluding carboxylic acids is 1. The molecule has 0 aliphatic carbocycles. The van der Waals surface area contributed by atoms with Crippen LogP contribution in [0.15, 0.2) is 48.5 Å². The van der Waals surface area contributed by atoms with Crippen LogP contribution in [0.4, 0.5) is 0 Å². The van der Waals surface area contributed by atoms with Crippen molar-refractivity contribution in [1.82, 2.24) is 10.2 Å². The number of amides is 1. The zero-order chi connectivity index (χ0) is 19.6. The van der Waals surface area contributed by atoms with Crippen LogP contribution in [0.2, 0.25) is 0 Å². The summed E-state index contributed by atoms with van der Waals surface area (Å²) in [6.45, 7) is 2.85. The Balaban J connectivity index is 1.92. The number of hydrogen-bond acceptors (Lipinski definition) is 5. The third-order valence-corrected chi connectivity index (χ3v) is 4.10. The molecule has 0 saturated heterocycles. The first-order valence-corrected chi connectivity index (χ1v) is 8.96. The van der Waals surface area contributed by atoms with E-state index in [-0.39, 0.29) is 18.6 Å². The van der Waals surface area contributed by atoms with Crippen molar-refractivity contribution in [1.29, 1.82) is 0 Å². The van der Waals surface area contributed by atoms with E-state index in [4.69, 9.17) is 14.2 Å². The summed E-state index contributed by atoms with van der Waals surface area (Å²) < 4.78 is 16.4. The lowest BCUT2D eigenvalue weighted by Crippen LogP contribution is -2.36. The van der Waals surface area contributed by atoms with Gasteiger partial charge < -0.3 is 24.4 Å². The summed E-state index contributed by atoms with van der Waals surface area (Å²) in [4.78, 5) is 14.3. The largest absolute Gasteiger partial charge is 0.497 e. The molecule has 2 rings (SSSR count). The summed E-state index contributed by atoms with van der Waals surface area (Å²) in [6, 6.07) is 15.2. The van der Waals surface area contributed by atoms with Crippen molar-refractivity contribution in [2.45, 2.75) is 13.0 Å². The molecule has 6 nitrogen and oxygen atoms in total. The van der Waals surface area contributed by atoms with Gasteiger partial charge in [0.05, 0.1) is 19.8 Å². The maximum atomic E-state index is 12.2. The quantitative estimate of drug-likeness (QED) is 0.695. The second-order valence-electron chi connectivity index (χ2n) is 6.23. The second-order valence-corrected chi connectivity index (χ2v) is 6.23. The summed E-state index contributed by atoms with van der Waals surface area (Å²) >= 11 is 0. The fourth-order valence-electron chi connectivity index (χ4n) is 2.70. The predicted octanol–water partition coefficient (Wildman–Crippen LogP) is 2.89. The van der Waals surface area contributed by atoms with Gasteiger partial charge in [-0.05, 0) is 50.8 Å². The standard InChI is InChI=1S/C21H28N2O4/c1-5-26-19-11-6-7-12-20(19)27-15-21(24)22-14-18(23(2)3)16-9-8-10-17(13-16)25-4/h6-13,18H,5,14-15H2,1-4H3,(H,22,24). The number of carbonyl (C=O) groups is 1. The molecule has 0 aliphatic rings. The number of nitrogens with zero attached hydrogens (tertiary/aromatic N) is 1. The summed E-state index contributed by atoms with van der Waals surface area (Å²) in [5.41, 5.74) is 1.07. The molecule has 0 aromatic heterocycles. The van der Waals surface area contributed by atoms with Crippen LogP contribution in [0, 0.1) is 0 Å². The Kier molecular flexibility index (Phi) is 7.95. The lowest BCUT2D eigenvalue weighted by molar-refractivity contribution is -0.123. The summed E-state index contributed by atoms with van der Waals surface area (Å²) in [6.07, 6.45) is 0. The maximum absolute atomic E-state index is 12.2. The Morgan fingerprint density at radius 1 is 1.07 bits per heavy atom. The van der Waals surface area contributed by atoms with Gasteiger partial charge in [-0.25, -0.2) is 0 Å². The second kappa shape index (κ2) is 10.4. The zero-order valence-electron chi connectivity index (χ0n) is 16.4. The van der Waals surface area contributed by atoms with E-state index in [2.05, 4.69) is 10.2 Å². The van der Waals surface area contributed by atoms with Crippen molar-refractivity contribution >= 4 is 5.91 Å². The van der Waals surface area contributed by atoms with Crippen LogP contribution in [-0.2, 0) is 4.79 Å². The minimum Gasteiger partial charge on any atom is -0.497 e. The average molecular weight is 372 g/mol. The van der Waals surface area contributed by atoms with Crippen LogP contribution < -0.4 is 19.5 Å². The molecule has 0 heterocycles. The Labute approximate surface area is 161 Å². The molecule has 0 spiro atoms. The van der Waals surface area contributed by atoms with Crippen molar-refractivity contribution in [3.8, 4) is 17.2 Å². The van der Waals surface area contributed by atoms with E-state index in [9.17, 15) is 4.79 Å². The van der Waals surface area contributed by atoms with E-state index in [0.29, 0.717) is 24.7 Å². The Morgan fingerprint density at radius 3 is 2.41 bits per heavy atom. The first-order chi connectivity index (χ1) is 13.0. The molecule has 2 aromatic rings. The summed E-state index contributed by atoms with van der Waals surface area (Å²) in [5, 5.41) is 2.93. The fraction of sp³-hybridized carbons (Fsp3) is 0.381. The van der Waals surface area contributed by atoms with Crippen LogP contribution in [-0.4, -0.2) is 51.8 Å². The van der Waals surface area contributed by atoms with E-state index in [1.54, 1.807) is 13.2 Å². The third kappa shape index (κ3) is 6.18. The summed E-state index contributed by atoms with van der Waals surface area (Å²) in [5.74, 6) is 1.80. The normalized spacial score (nSPS) is 11.7.